The summed E-state index contributed by atoms with van der Waals surface area (Å²) in [6.07, 6.45) is -0.611. The first-order valence-electron chi connectivity index (χ1n) is 3.50. The van der Waals surface area contributed by atoms with Gasteiger partial charge < -0.3 is 0 Å². The Labute approximate surface area is 91.9 Å². The highest BCUT2D eigenvalue weighted by molar-refractivity contribution is 9.28. The molecule has 1 aromatic rings. The molecule has 0 amide bonds. The monoisotopic (exact) mass is 310 g/mol. The summed E-state index contributed by atoms with van der Waals surface area (Å²) in [5.41, 5.74) is 0.913. The van der Waals surface area contributed by atoms with E-state index in [2.05, 4.69) is 31.9 Å². The third kappa shape index (κ3) is 3.56. The van der Waals surface area contributed by atoms with Crippen LogP contribution in [0.4, 0.5) is 8.78 Å². The Morgan fingerprint density at radius 2 is 1.69 bits per heavy atom. The van der Waals surface area contributed by atoms with Gasteiger partial charge in [-0.2, -0.15) is 0 Å². The van der Waals surface area contributed by atoms with E-state index in [0.717, 1.165) is 8.96 Å². The molecule has 0 N–H and O–H groups in total. The quantitative estimate of drug-likeness (QED) is 0.742. The number of alkyl halides is 2. The number of halogens is 4. The summed E-state index contributed by atoms with van der Waals surface area (Å²) in [7, 11) is 0. The molecule has 0 aliphatic carbocycles. The van der Waals surface area contributed by atoms with Crippen molar-refractivity contribution >= 4 is 37.9 Å². The maximum absolute atomic E-state index is 12.1. The van der Waals surface area contributed by atoms with Gasteiger partial charge >= 0.3 is 0 Å². The fourth-order valence-corrected chi connectivity index (χ4v) is 1.39. The van der Waals surface area contributed by atoms with Gasteiger partial charge in [-0.25, -0.2) is 8.78 Å². The maximum atomic E-state index is 12.1. The van der Waals surface area contributed by atoms with Crippen molar-refractivity contribution in [3.8, 4) is 0 Å². The fraction of sp³-hybridized carbons (Fsp3) is 0.111. The smallest absolute Gasteiger partial charge is 0.205 e. The van der Waals surface area contributed by atoms with Crippen molar-refractivity contribution in [3.05, 3.63) is 38.8 Å². The van der Waals surface area contributed by atoms with Crippen LogP contribution >= 0.6 is 31.9 Å². The van der Waals surface area contributed by atoms with Gasteiger partial charge in [0.05, 0.1) is 3.39 Å². The van der Waals surface area contributed by atoms with Gasteiger partial charge in [0.2, 0.25) is 0 Å². The van der Waals surface area contributed by atoms with Crippen molar-refractivity contribution in [1.82, 2.24) is 0 Å². The molecule has 0 aromatic heterocycles. The molecule has 0 fully saturated rings. The first-order chi connectivity index (χ1) is 6.09. The summed E-state index contributed by atoms with van der Waals surface area (Å²) in [5, 5.41) is 0. The van der Waals surface area contributed by atoms with Crippen LogP contribution in [0.1, 0.15) is 17.6 Å². The predicted octanol–water partition coefficient (Wildman–Crippen LogP) is 4.71. The van der Waals surface area contributed by atoms with Crippen LogP contribution < -0.4 is 0 Å². The molecule has 4 heteroatoms. The third-order valence-corrected chi connectivity index (χ3v) is 1.92. The standard InChI is InChI=1S/C9H6Br2F2/c10-8(11)5-6-1-3-7(4-2-6)9(12)13/h1-5,9H. The molecule has 70 valence electrons. The van der Waals surface area contributed by atoms with Gasteiger partial charge in [0.25, 0.3) is 6.43 Å². The van der Waals surface area contributed by atoms with E-state index in [0.29, 0.717) is 0 Å². The number of hydrogen-bond acceptors (Lipinski definition) is 0. The number of rotatable bonds is 2. The van der Waals surface area contributed by atoms with Gasteiger partial charge in [-0.15, -0.1) is 0 Å². The highest BCUT2D eigenvalue weighted by atomic mass is 79.9. The van der Waals surface area contributed by atoms with Gasteiger partial charge in [-0.3, -0.25) is 0 Å². The second kappa shape index (κ2) is 4.86. The van der Waals surface area contributed by atoms with Gasteiger partial charge in [0.15, 0.2) is 0 Å². The summed E-state index contributed by atoms with van der Waals surface area (Å²) in [6.45, 7) is 0. The minimum atomic E-state index is -2.40. The zero-order chi connectivity index (χ0) is 9.84. The summed E-state index contributed by atoms with van der Waals surface area (Å²) < 4.78 is 25.0. The molecule has 0 radical (unpaired) electrons. The molecule has 0 aliphatic rings. The largest absolute Gasteiger partial charge is 0.263 e. The molecule has 0 bridgehead atoms. The van der Waals surface area contributed by atoms with E-state index >= 15 is 0 Å². The molecule has 0 nitrogen and oxygen atoms in total. The van der Waals surface area contributed by atoms with Crippen LogP contribution in [0.25, 0.3) is 6.08 Å². The Balaban J connectivity index is 2.88. The first kappa shape index (κ1) is 10.9. The molecule has 0 atom stereocenters. The number of hydrogen-bond donors (Lipinski definition) is 0. The van der Waals surface area contributed by atoms with Crippen molar-refractivity contribution in [2.75, 3.05) is 0 Å². The SMILES string of the molecule is FC(F)c1ccc(C=C(Br)Br)cc1. The summed E-state index contributed by atoms with van der Waals surface area (Å²) >= 11 is 6.38. The van der Waals surface area contributed by atoms with E-state index in [1.165, 1.54) is 12.1 Å². The van der Waals surface area contributed by atoms with E-state index < -0.39 is 6.43 Å². The van der Waals surface area contributed by atoms with Crippen molar-refractivity contribution in [2.45, 2.75) is 6.43 Å². The second-order valence-electron chi connectivity index (χ2n) is 2.40. The van der Waals surface area contributed by atoms with E-state index in [1.54, 1.807) is 18.2 Å². The molecular weight excluding hydrogens is 306 g/mol. The topological polar surface area (TPSA) is 0 Å². The van der Waals surface area contributed by atoms with Crippen LogP contribution in [0.3, 0.4) is 0 Å². The fourth-order valence-electron chi connectivity index (χ4n) is 0.864. The first-order valence-corrected chi connectivity index (χ1v) is 5.09. The Hall–Kier alpha value is -0.220. The molecule has 1 aromatic carbocycles. The normalized spacial score (nSPS) is 10.2. The highest BCUT2D eigenvalue weighted by Gasteiger charge is 2.04. The predicted molar refractivity (Wildman–Crippen MR) is 57.2 cm³/mol. The van der Waals surface area contributed by atoms with Gasteiger partial charge in [-0.05, 0) is 43.5 Å². The highest BCUT2D eigenvalue weighted by Crippen LogP contribution is 2.21. The minimum Gasteiger partial charge on any atom is -0.205 e. The molecule has 0 aliphatic heterocycles. The molecule has 1 rings (SSSR count). The van der Waals surface area contributed by atoms with Gasteiger partial charge in [-0.1, -0.05) is 24.3 Å². The molecule has 0 saturated heterocycles. The Morgan fingerprint density at radius 1 is 1.15 bits per heavy atom. The Kier molecular flexibility index (Phi) is 4.06. The van der Waals surface area contributed by atoms with Crippen LogP contribution in [0.5, 0.6) is 0 Å². The molecule has 0 saturated carbocycles. The maximum Gasteiger partial charge on any atom is 0.263 e. The van der Waals surface area contributed by atoms with Crippen LogP contribution in [0, 0.1) is 0 Å². The molecule has 0 spiro atoms. The van der Waals surface area contributed by atoms with Crippen molar-refractivity contribution in [1.29, 1.82) is 0 Å². The lowest BCUT2D eigenvalue weighted by Crippen LogP contribution is -1.82. The van der Waals surface area contributed by atoms with Crippen molar-refractivity contribution in [3.63, 3.8) is 0 Å². The summed E-state index contributed by atoms with van der Waals surface area (Å²) in [4.78, 5) is 0. The van der Waals surface area contributed by atoms with Crippen molar-refractivity contribution < 1.29 is 8.78 Å². The van der Waals surface area contributed by atoms with Crippen LogP contribution in [-0.2, 0) is 0 Å². The van der Waals surface area contributed by atoms with Gasteiger partial charge in [0.1, 0.15) is 0 Å². The minimum absolute atomic E-state index is 0.0443. The second-order valence-corrected chi connectivity index (χ2v) is 5.17. The van der Waals surface area contributed by atoms with E-state index in [1.807, 2.05) is 0 Å². The molecular formula is C9H6Br2F2. The van der Waals surface area contributed by atoms with Gasteiger partial charge in [0, 0.05) is 5.56 Å². The average molecular weight is 312 g/mol. The van der Waals surface area contributed by atoms with Crippen LogP contribution in [0.2, 0.25) is 0 Å². The average Bonchev–Trinajstić information content (AvgIpc) is 2.04. The lowest BCUT2D eigenvalue weighted by molar-refractivity contribution is 0.151. The van der Waals surface area contributed by atoms with Crippen LogP contribution in [0.15, 0.2) is 27.7 Å². The molecule has 0 heterocycles. The number of benzene rings is 1. The Morgan fingerprint density at radius 3 is 2.08 bits per heavy atom. The van der Waals surface area contributed by atoms with E-state index in [9.17, 15) is 8.78 Å². The summed E-state index contributed by atoms with van der Waals surface area (Å²) in [6, 6.07) is 6.12. The van der Waals surface area contributed by atoms with E-state index in [4.69, 9.17) is 0 Å². The van der Waals surface area contributed by atoms with Crippen molar-refractivity contribution in [2.24, 2.45) is 0 Å². The lowest BCUT2D eigenvalue weighted by atomic mass is 10.1. The van der Waals surface area contributed by atoms with Crippen LogP contribution in [-0.4, -0.2) is 0 Å². The van der Waals surface area contributed by atoms with E-state index in [-0.39, 0.29) is 5.56 Å². The Bertz CT molecular complexity index is 300. The lowest BCUT2D eigenvalue weighted by Gasteiger charge is -1.99. The zero-order valence-corrected chi connectivity index (χ0v) is 9.65. The zero-order valence-electron chi connectivity index (χ0n) is 6.48. The third-order valence-electron chi connectivity index (χ3n) is 1.46. The molecule has 13 heavy (non-hydrogen) atoms. The summed E-state index contributed by atoms with van der Waals surface area (Å²) in [5.74, 6) is 0. The molecule has 0 unspecified atom stereocenters.